The van der Waals surface area contributed by atoms with Gasteiger partial charge in [0.15, 0.2) is 6.17 Å². The van der Waals surface area contributed by atoms with Crippen molar-refractivity contribution in [1.29, 1.82) is 0 Å². The van der Waals surface area contributed by atoms with Crippen molar-refractivity contribution in [2.45, 2.75) is 33.1 Å². The molecule has 0 N–H and O–H groups in total. The van der Waals surface area contributed by atoms with Crippen molar-refractivity contribution in [3.8, 4) is 0 Å². The number of pyridine rings is 2. The highest BCUT2D eigenvalue weighted by Crippen LogP contribution is 2.31. The molecule has 2 aliphatic heterocycles. The predicted molar refractivity (Wildman–Crippen MR) is 92.8 cm³/mol. The molecule has 1 amide bonds. The third-order valence-electron chi connectivity index (χ3n) is 5.13. The van der Waals surface area contributed by atoms with E-state index >= 15 is 0 Å². The van der Waals surface area contributed by atoms with Gasteiger partial charge < -0.3 is 9.80 Å². The van der Waals surface area contributed by atoms with Crippen LogP contribution < -0.4 is 4.90 Å². The first-order chi connectivity index (χ1) is 12.0. The zero-order valence-electron chi connectivity index (χ0n) is 14.4. The monoisotopic (exact) mass is 340 g/mol. The van der Waals surface area contributed by atoms with Crippen LogP contribution in [0.5, 0.6) is 0 Å². The van der Waals surface area contributed by atoms with Gasteiger partial charge in [0.1, 0.15) is 0 Å². The first kappa shape index (κ1) is 16.0. The van der Waals surface area contributed by atoms with E-state index in [0.29, 0.717) is 26.2 Å². The predicted octanol–water partition coefficient (Wildman–Crippen LogP) is 2.41. The van der Waals surface area contributed by atoms with Crippen LogP contribution in [0.1, 0.15) is 22.5 Å². The molecule has 5 nitrogen and oxygen atoms in total. The van der Waals surface area contributed by atoms with Crippen molar-refractivity contribution in [3.05, 3.63) is 53.1 Å². The summed E-state index contributed by atoms with van der Waals surface area (Å²) in [6.45, 7) is 5.94. The first-order valence-electron chi connectivity index (χ1n) is 8.57. The van der Waals surface area contributed by atoms with Crippen LogP contribution in [0.25, 0.3) is 0 Å². The number of fused-ring (bicyclic) bond motifs is 1. The Labute approximate surface area is 146 Å². The fourth-order valence-electron chi connectivity index (χ4n) is 3.70. The molecule has 4 heterocycles. The molecule has 4 rings (SSSR count). The summed E-state index contributed by atoms with van der Waals surface area (Å²) in [6.07, 6.45) is 2.02. The lowest BCUT2D eigenvalue weighted by Gasteiger charge is -2.42. The number of carbonyl (C=O) groups is 1. The van der Waals surface area contributed by atoms with Crippen molar-refractivity contribution in [2.75, 3.05) is 18.0 Å². The first-order valence-corrected chi connectivity index (χ1v) is 8.57. The fourth-order valence-corrected chi connectivity index (χ4v) is 3.70. The molecule has 1 atom stereocenters. The number of hydrogen-bond acceptors (Lipinski definition) is 4. The summed E-state index contributed by atoms with van der Waals surface area (Å²) in [5.41, 5.74) is 5.01. The van der Waals surface area contributed by atoms with E-state index in [9.17, 15) is 9.18 Å². The SMILES string of the molecule is Cc1cc(C)c2c(n1)CN(C(=O)C(F)C1CN(c3cccnc3)C1)C2. The van der Waals surface area contributed by atoms with Gasteiger partial charge in [-0.2, -0.15) is 0 Å². The maximum Gasteiger partial charge on any atom is 0.258 e. The van der Waals surface area contributed by atoms with Crippen molar-refractivity contribution < 1.29 is 9.18 Å². The van der Waals surface area contributed by atoms with E-state index in [-0.39, 0.29) is 5.92 Å². The van der Waals surface area contributed by atoms with Gasteiger partial charge in [-0.3, -0.25) is 14.8 Å². The molecule has 6 heteroatoms. The van der Waals surface area contributed by atoms with Crippen LogP contribution in [0, 0.1) is 19.8 Å². The molecule has 0 bridgehead atoms. The van der Waals surface area contributed by atoms with Gasteiger partial charge in [-0.1, -0.05) is 0 Å². The number of hydrogen-bond donors (Lipinski definition) is 0. The Bertz CT molecular complexity index is 805. The number of rotatable bonds is 3. The summed E-state index contributed by atoms with van der Waals surface area (Å²) in [7, 11) is 0. The largest absolute Gasteiger partial charge is 0.369 e. The Morgan fingerprint density at radius 2 is 2.12 bits per heavy atom. The van der Waals surface area contributed by atoms with Gasteiger partial charge in [-0.25, -0.2) is 4.39 Å². The van der Waals surface area contributed by atoms with Crippen molar-refractivity contribution in [3.63, 3.8) is 0 Å². The molecule has 0 spiro atoms. The molecule has 0 aromatic carbocycles. The number of amides is 1. The van der Waals surface area contributed by atoms with Crippen LogP contribution in [-0.2, 0) is 17.9 Å². The molecule has 1 fully saturated rings. The standard InChI is InChI=1S/C19H21FN4O/c1-12-6-13(2)22-17-11-24(10-16(12)17)19(25)18(20)14-8-23(9-14)15-4-3-5-21-7-15/h3-7,14,18H,8-11H2,1-2H3. The number of aryl methyl sites for hydroxylation is 2. The summed E-state index contributed by atoms with van der Waals surface area (Å²) in [5, 5.41) is 0. The number of halogens is 1. The third kappa shape index (κ3) is 2.86. The van der Waals surface area contributed by atoms with Crippen LogP contribution in [0.4, 0.5) is 10.1 Å². The molecule has 25 heavy (non-hydrogen) atoms. The summed E-state index contributed by atoms with van der Waals surface area (Å²) < 4.78 is 14.7. The maximum absolute atomic E-state index is 14.7. The lowest BCUT2D eigenvalue weighted by atomic mass is 9.93. The van der Waals surface area contributed by atoms with Crippen LogP contribution in [0.15, 0.2) is 30.6 Å². The van der Waals surface area contributed by atoms with E-state index in [1.54, 1.807) is 17.3 Å². The van der Waals surface area contributed by atoms with Gasteiger partial charge in [0.2, 0.25) is 0 Å². The van der Waals surface area contributed by atoms with Crippen molar-refractivity contribution in [1.82, 2.24) is 14.9 Å². The summed E-state index contributed by atoms with van der Waals surface area (Å²) >= 11 is 0. The molecule has 0 aliphatic carbocycles. The Kier molecular flexibility index (Phi) is 3.90. The lowest BCUT2D eigenvalue weighted by Crippen LogP contribution is -2.54. The molecule has 130 valence electrons. The van der Waals surface area contributed by atoms with Gasteiger partial charge in [-0.15, -0.1) is 0 Å². The van der Waals surface area contributed by atoms with Crippen LogP contribution in [0.2, 0.25) is 0 Å². The van der Waals surface area contributed by atoms with Gasteiger partial charge in [0.25, 0.3) is 5.91 Å². The van der Waals surface area contributed by atoms with E-state index < -0.39 is 12.1 Å². The van der Waals surface area contributed by atoms with Gasteiger partial charge in [0.05, 0.1) is 24.1 Å². The minimum Gasteiger partial charge on any atom is -0.369 e. The second-order valence-electron chi connectivity index (χ2n) is 6.98. The van der Waals surface area contributed by atoms with E-state index in [1.807, 2.05) is 36.9 Å². The van der Waals surface area contributed by atoms with Crippen molar-refractivity contribution >= 4 is 11.6 Å². The molecule has 0 radical (unpaired) electrons. The summed E-state index contributed by atoms with van der Waals surface area (Å²) in [6, 6.07) is 5.82. The Balaban J connectivity index is 1.39. The number of carbonyl (C=O) groups excluding carboxylic acids is 1. The third-order valence-corrected chi connectivity index (χ3v) is 5.13. The molecule has 2 aliphatic rings. The lowest BCUT2D eigenvalue weighted by molar-refractivity contribution is -0.139. The minimum absolute atomic E-state index is 0.257. The summed E-state index contributed by atoms with van der Waals surface area (Å²) in [5.74, 6) is -0.668. The highest BCUT2D eigenvalue weighted by molar-refractivity contribution is 5.82. The molecule has 0 saturated carbocycles. The molecule has 1 unspecified atom stereocenters. The fraction of sp³-hybridized carbons (Fsp3) is 0.421. The zero-order valence-corrected chi connectivity index (χ0v) is 14.4. The molecule has 2 aromatic rings. The van der Waals surface area contributed by atoms with Crippen molar-refractivity contribution in [2.24, 2.45) is 5.92 Å². The second kappa shape index (κ2) is 6.10. The number of anilines is 1. The smallest absolute Gasteiger partial charge is 0.258 e. The zero-order chi connectivity index (χ0) is 17.6. The van der Waals surface area contributed by atoms with E-state index in [0.717, 1.165) is 28.2 Å². The highest BCUT2D eigenvalue weighted by atomic mass is 19.1. The van der Waals surface area contributed by atoms with E-state index in [4.69, 9.17) is 0 Å². The Hall–Kier alpha value is -2.50. The quantitative estimate of drug-likeness (QED) is 0.861. The number of alkyl halides is 1. The summed E-state index contributed by atoms with van der Waals surface area (Å²) in [4.78, 5) is 24.8. The van der Waals surface area contributed by atoms with E-state index in [1.165, 1.54) is 0 Å². The molecule has 2 aromatic heterocycles. The van der Waals surface area contributed by atoms with Gasteiger partial charge in [0, 0.05) is 37.4 Å². The molecular formula is C19H21FN4O. The van der Waals surface area contributed by atoms with Crippen LogP contribution in [-0.4, -0.2) is 40.0 Å². The van der Waals surface area contributed by atoms with Gasteiger partial charge >= 0.3 is 0 Å². The molecular weight excluding hydrogens is 319 g/mol. The number of nitrogens with zero attached hydrogens (tertiary/aromatic N) is 4. The normalized spacial score (nSPS) is 18.0. The van der Waals surface area contributed by atoms with Crippen LogP contribution >= 0.6 is 0 Å². The van der Waals surface area contributed by atoms with Gasteiger partial charge in [-0.05, 0) is 43.2 Å². The Morgan fingerprint density at radius 1 is 1.32 bits per heavy atom. The minimum atomic E-state index is -1.45. The highest BCUT2D eigenvalue weighted by Gasteiger charge is 2.41. The Morgan fingerprint density at radius 3 is 2.84 bits per heavy atom. The van der Waals surface area contributed by atoms with E-state index in [2.05, 4.69) is 9.97 Å². The maximum atomic E-state index is 14.7. The van der Waals surface area contributed by atoms with Crippen LogP contribution in [0.3, 0.4) is 0 Å². The number of aromatic nitrogens is 2. The molecule has 1 saturated heterocycles. The second-order valence-corrected chi connectivity index (χ2v) is 6.98. The average Bonchev–Trinajstić information content (AvgIpc) is 2.98. The average molecular weight is 340 g/mol. The topological polar surface area (TPSA) is 49.3 Å².